The number of hydrogen-bond donors (Lipinski definition) is 2. The normalized spacial score (nSPS) is 23.0. The molecule has 0 aromatic heterocycles. The van der Waals surface area contributed by atoms with Crippen molar-refractivity contribution in [1.29, 1.82) is 0 Å². The van der Waals surface area contributed by atoms with Crippen molar-refractivity contribution in [3.05, 3.63) is 233 Å². The highest BCUT2D eigenvalue weighted by Crippen LogP contribution is 2.57. The van der Waals surface area contributed by atoms with Crippen molar-refractivity contribution in [3.8, 4) is 0 Å². The molecule has 24 nitrogen and oxygen atoms in total. The van der Waals surface area contributed by atoms with E-state index < -0.39 is 58.5 Å². The highest BCUT2D eigenvalue weighted by Gasteiger charge is 2.57. The fourth-order valence-electron chi connectivity index (χ4n) is 15.1. The van der Waals surface area contributed by atoms with Gasteiger partial charge in [-0.3, -0.25) is 38.8 Å². The van der Waals surface area contributed by atoms with Gasteiger partial charge in [0.2, 0.25) is 0 Å². The summed E-state index contributed by atoms with van der Waals surface area (Å²) < 4.78 is 30.6. The van der Waals surface area contributed by atoms with Gasteiger partial charge in [-0.25, -0.2) is 39.5 Å². The van der Waals surface area contributed by atoms with E-state index in [4.69, 9.17) is 68.4 Å². The summed E-state index contributed by atoms with van der Waals surface area (Å²) in [6.45, 7) is 23.3. The van der Waals surface area contributed by atoms with Crippen LogP contribution in [0.4, 0.5) is 0 Å². The van der Waals surface area contributed by atoms with Crippen LogP contribution >= 0.6 is 0 Å². The van der Waals surface area contributed by atoms with Gasteiger partial charge in [-0.2, -0.15) is 0 Å². The molecule has 0 unspecified atom stereocenters. The second kappa shape index (κ2) is 29.9. The summed E-state index contributed by atoms with van der Waals surface area (Å²) in [5.41, 5.74) is 17.6. The zero-order chi connectivity index (χ0) is 76.7. The third kappa shape index (κ3) is 13.4. The molecular weight excluding hydrogens is 1350 g/mol. The summed E-state index contributed by atoms with van der Waals surface area (Å²) in [7, 11) is 7.72. The molecule has 24 heteroatoms. The molecule has 12 aliphatic rings. The van der Waals surface area contributed by atoms with Gasteiger partial charge in [-0.15, -0.1) is 0 Å². The van der Waals surface area contributed by atoms with E-state index in [1.807, 2.05) is 91.8 Å². The first-order valence-corrected chi connectivity index (χ1v) is 34.2. The van der Waals surface area contributed by atoms with Gasteiger partial charge in [0.1, 0.15) is 11.8 Å². The molecule has 0 radical (unpaired) electrons. The first kappa shape index (κ1) is 75.1. The Kier molecular flexibility index (Phi) is 21.2. The predicted octanol–water partition coefficient (Wildman–Crippen LogP) is 12.3. The number of esters is 6. The van der Waals surface area contributed by atoms with Crippen molar-refractivity contribution in [2.45, 2.75) is 107 Å². The molecule has 0 amide bonds. The molecule has 544 valence electrons. The van der Waals surface area contributed by atoms with Crippen LogP contribution in [0, 0.1) is 22.7 Å². The van der Waals surface area contributed by atoms with Crippen LogP contribution in [-0.4, -0.2) is 146 Å². The van der Waals surface area contributed by atoms with E-state index in [2.05, 4.69) is 13.2 Å². The number of hydrogen-bond acceptors (Lipinski definition) is 22. The summed E-state index contributed by atoms with van der Waals surface area (Å²) in [5.74, 6) is -7.52. The van der Waals surface area contributed by atoms with E-state index >= 15 is 0 Å². The smallest absolute Gasteiger partial charge is 0.334 e. The molecule has 4 atom stereocenters. The van der Waals surface area contributed by atoms with Crippen LogP contribution in [-0.2, 0) is 66.8 Å². The maximum Gasteiger partial charge on any atom is 0.334 e. The molecule has 0 aromatic rings. The van der Waals surface area contributed by atoms with Crippen LogP contribution in [0.2, 0.25) is 0 Å². The van der Waals surface area contributed by atoms with Gasteiger partial charge in [0.15, 0.2) is 0 Å². The number of methoxy groups -OCH3 is 6. The Hall–Kier alpha value is -12.1. The van der Waals surface area contributed by atoms with E-state index in [-0.39, 0.29) is 61.6 Å². The third-order valence-electron chi connectivity index (χ3n) is 21.1. The zero-order valence-electron chi connectivity index (χ0n) is 61.5. The Bertz CT molecular complexity index is 5070. The molecule has 0 saturated carbocycles. The second-order valence-electron chi connectivity index (χ2n) is 26.8. The van der Waals surface area contributed by atoms with E-state index in [1.54, 1.807) is 48.6 Å². The topological polar surface area (TPSA) is 331 Å². The summed E-state index contributed by atoms with van der Waals surface area (Å²) in [6.07, 6.45) is 25.9. The van der Waals surface area contributed by atoms with E-state index in [0.29, 0.717) is 121 Å². The Morgan fingerprint density at radius 1 is 0.377 bits per heavy atom. The number of carbonyl (C=O) groups is 8. The summed E-state index contributed by atoms with van der Waals surface area (Å²) in [6, 6.07) is 0. The maximum absolute atomic E-state index is 13.7. The summed E-state index contributed by atoms with van der Waals surface area (Å²) in [5, 5.41) is 19.3. The molecule has 2 N–H and O–H groups in total. The van der Waals surface area contributed by atoms with E-state index in [9.17, 15) is 48.6 Å². The molecule has 0 saturated heterocycles. The average molecular weight is 1430 g/mol. The van der Waals surface area contributed by atoms with Crippen LogP contribution in [0.25, 0.3) is 0 Å². The van der Waals surface area contributed by atoms with Gasteiger partial charge in [0.25, 0.3) is 0 Å². The van der Waals surface area contributed by atoms with Crippen molar-refractivity contribution in [2.24, 2.45) is 62.6 Å². The highest BCUT2D eigenvalue weighted by atomic mass is 16.5. The molecular formula is C82H80N8O16. The van der Waals surface area contributed by atoms with Gasteiger partial charge >= 0.3 is 47.8 Å². The summed E-state index contributed by atoms with van der Waals surface area (Å²) >= 11 is 0. The predicted molar refractivity (Wildman–Crippen MR) is 401 cm³/mol. The standard InChI is InChI=1S/2C41H40N4O8/c1-9-23-20(2)29-17-34-27-13-10-26(39(49)52-7)38(40(50)53-8)41(27,5)35(45-34)19-30-22(4)24(11-14-36(46)47)32(44-30)18-33-25(12-15-37(48)51-6)21(3)28(43-33)16-31(23)42-29;1-9-23-20(2)29-17-34-27-13-10-26(39(49)52-7)38(40(50)53-8)41(27,5)35(45-34)19-30-22(4)25(12-15-37(48)51-6)33(44-30)18-32-24(11-14-36(46)47)21(3)28(43-32)16-31(23)42-29/h2*9-10,13,16-19,38H,1,11-12,14-15H2,2-8H3,(H,46,47)/t2*38-,41+/m00/s1. The minimum atomic E-state index is -1.21. The van der Waals surface area contributed by atoms with E-state index in [1.165, 1.54) is 42.7 Å². The fourth-order valence-corrected chi connectivity index (χ4v) is 15.1. The number of allylic oxidation sites excluding steroid dienone is 28. The van der Waals surface area contributed by atoms with Crippen molar-refractivity contribution in [3.63, 3.8) is 0 Å². The molecule has 16 bridgehead atoms. The van der Waals surface area contributed by atoms with Crippen molar-refractivity contribution in [1.82, 2.24) is 0 Å². The molecule has 2 aliphatic carbocycles. The van der Waals surface area contributed by atoms with Crippen LogP contribution in [0.5, 0.6) is 0 Å². The number of carbonyl (C=O) groups excluding carboxylic acids is 6. The van der Waals surface area contributed by atoms with Crippen LogP contribution in [0.3, 0.4) is 0 Å². The molecule has 10 heterocycles. The average Bonchev–Trinajstić information content (AvgIpc) is 1.53. The van der Waals surface area contributed by atoms with Gasteiger partial charge in [-0.05, 0) is 197 Å². The molecule has 0 aromatic carbocycles. The Morgan fingerprint density at radius 3 is 1.05 bits per heavy atom. The number of rotatable bonds is 18. The quantitative estimate of drug-likeness (QED) is 0.0951. The largest absolute Gasteiger partial charge is 0.481 e. The first-order chi connectivity index (χ1) is 50.5. The van der Waals surface area contributed by atoms with Crippen molar-refractivity contribution < 1.29 is 77.0 Å². The molecule has 12 rings (SSSR count). The van der Waals surface area contributed by atoms with Crippen molar-refractivity contribution >= 4 is 93.4 Å². The highest BCUT2D eigenvalue weighted by molar-refractivity contribution is 6.24. The number of carboxylic acid groups (broad SMARTS) is 2. The van der Waals surface area contributed by atoms with Crippen LogP contribution < -0.4 is 0 Å². The molecule has 106 heavy (non-hydrogen) atoms. The minimum absolute atomic E-state index is 0.0895. The maximum atomic E-state index is 13.7. The molecule has 0 spiro atoms. The number of ether oxygens (including phenoxy) is 6. The number of carboxylic acids is 2. The van der Waals surface area contributed by atoms with Gasteiger partial charge < -0.3 is 38.6 Å². The monoisotopic (exact) mass is 1430 g/mol. The summed E-state index contributed by atoms with van der Waals surface area (Å²) in [4.78, 5) is 142. The number of fused-ring (bicyclic) bond motifs is 14. The Labute approximate surface area is 612 Å². The fraction of sp³-hybridized carbons (Fsp3) is 0.317. The SMILES string of the molecule is C=CC1=C(C)C2=CC3=NC(=CC4=NC(=CC5=NC(=CC1=N2)C(C)=C5CCC(=O)O)C(CCC(=O)OC)=C4C)[C@@]1(C)C3=CC=C(C(=O)OC)[C@H]1C(=O)OC.C=CC1=C(C)C2=CC3=NC(=CC4=NC(=CC5=NC(=CC1=N2)C(C)=C5CCC(=O)OC)C(CCC(=O)O)=C4C)[C@@]1(C)C3=CC=C(C(=O)OC)[C@H]1C(=O)OC. The van der Waals surface area contributed by atoms with Crippen LogP contribution in [0.15, 0.2) is 273 Å². The number of aliphatic imine (C=N–C) groups is 8. The lowest BCUT2D eigenvalue weighted by Gasteiger charge is -2.37. The first-order valence-electron chi connectivity index (χ1n) is 34.2. The minimum Gasteiger partial charge on any atom is -0.481 e. The van der Waals surface area contributed by atoms with Gasteiger partial charge in [-0.1, -0.05) is 49.6 Å². The lowest BCUT2D eigenvalue weighted by atomic mass is 9.64. The van der Waals surface area contributed by atoms with E-state index in [0.717, 1.165) is 61.3 Å². The Morgan fingerprint density at radius 2 is 0.698 bits per heavy atom. The lowest BCUT2D eigenvalue weighted by Crippen LogP contribution is -2.41. The lowest BCUT2D eigenvalue weighted by molar-refractivity contribution is -0.150. The molecule has 10 aliphatic heterocycles. The Balaban J connectivity index is 0.000000212. The third-order valence-corrected chi connectivity index (χ3v) is 21.1. The number of aliphatic carboxylic acids is 2. The van der Waals surface area contributed by atoms with Gasteiger partial charge in [0, 0.05) is 36.8 Å². The van der Waals surface area contributed by atoms with Crippen molar-refractivity contribution in [2.75, 3.05) is 42.7 Å². The molecule has 0 fully saturated rings. The zero-order valence-corrected chi connectivity index (χ0v) is 61.5. The second-order valence-corrected chi connectivity index (χ2v) is 26.8. The van der Waals surface area contributed by atoms with Crippen LogP contribution in [0.1, 0.15) is 107 Å². The number of nitrogens with zero attached hydrogens (tertiary/aromatic N) is 8. The van der Waals surface area contributed by atoms with Gasteiger partial charge in [0.05, 0.1) is 156 Å².